The molecule has 68 valence electrons. The maximum atomic E-state index is 5.51. The van der Waals surface area contributed by atoms with Gasteiger partial charge in [0.05, 0.1) is 12.4 Å². The highest BCUT2D eigenvalue weighted by atomic mass is 16.5. The molecule has 0 radical (unpaired) electrons. The van der Waals surface area contributed by atoms with Crippen molar-refractivity contribution in [1.29, 1.82) is 0 Å². The number of ether oxygens (including phenoxy) is 1. The van der Waals surface area contributed by atoms with Crippen molar-refractivity contribution in [2.24, 2.45) is 0 Å². The molecule has 2 rings (SSSR count). The van der Waals surface area contributed by atoms with Crippen LogP contribution >= 0.6 is 0 Å². The molecule has 0 spiro atoms. The van der Waals surface area contributed by atoms with Crippen LogP contribution in [0.5, 0.6) is 0 Å². The lowest BCUT2D eigenvalue weighted by Crippen LogP contribution is -2.07. The molecule has 12 heavy (non-hydrogen) atoms. The molecule has 0 aromatic heterocycles. The van der Waals surface area contributed by atoms with E-state index in [0.717, 1.165) is 13.0 Å². The van der Waals surface area contributed by atoms with E-state index >= 15 is 0 Å². The van der Waals surface area contributed by atoms with E-state index in [0.29, 0.717) is 0 Å². The molecule has 0 N–H and O–H groups in total. The van der Waals surface area contributed by atoms with E-state index in [2.05, 4.69) is 12.2 Å². The van der Waals surface area contributed by atoms with Crippen LogP contribution in [0, 0.1) is 0 Å². The number of hydrogen-bond donors (Lipinski definition) is 0. The quantitative estimate of drug-likeness (QED) is 0.535. The minimum absolute atomic E-state index is 0.937. The summed E-state index contributed by atoms with van der Waals surface area (Å²) in [4.78, 5) is 0. The minimum Gasteiger partial charge on any atom is -0.498 e. The molecule has 0 aromatic rings. The maximum Gasteiger partial charge on any atom is 0.0994 e. The maximum absolute atomic E-state index is 5.51. The normalized spacial score (nSPS) is 20.5. The van der Waals surface area contributed by atoms with Crippen LogP contribution in [-0.4, -0.2) is 6.61 Å². The van der Waals surface area contributed by atoms with Crippen molar-refractivity contribution in [1.82, 2.24) is 0 Å². The highest BCUT2D eigenvalue weighted by molar-refractivity contribution is 5.27. The van der Waals surface area contributed by atoms with Crippen molar-refractivity contribution < 1.29 is 4.74 Å². The summed E-state index contributed by atoms with van der Waals surface area (Å²) in [6.45, 7) is 4.94. The van der Waals surface area contributed by atoms with Crippen molar-refractivity contribution in [3.05, 3.63) is 23.5 Å². The number of allylic oxidation sites excluding steroid dienone is 4. The number of hydrogen-bond acceptors (Lipinski definition) is 1. The van der Waals surface area contributed by atoms with Crippen LogP contribution in [0.3, 0.4) is 0 Å². The average molecular weight is 166 g/mol. The molecule has 0 bridgehead atoms. The molecule has 1 aliphatic heterocycles. The van der Waals surface area contributed by atoms with Gasteiger partial charge in [0.1, 0.15) is 0 Å². The summed E-state index contributed by atoms with van der Waals surface area (Å²) in [5.41, 5.74) is 1.44. The second-order valence-corrected chi connectivity index (χ2v) is 2.84. The van der Waals surface area contributed by atoms with Gasteiger partial charge in [-0.05, 0) is 24.8 Å². The van der Waals surface area contributed by atoms with Crippen molar-refractivity contribution in [3.63, 3.8) is 0 Å². The first-order valence-corrected chi connectivity index (χ1v) is 4.98. The van der Waals surface area contributed by atoms with Crippen molar-refractivity contribution >= 4 is 0 Å². The van der Waals surface area contributed by atoms with E-state index in [9.17, 15) is 0 Å². The lowest BCUT2D eigenvalue weighted by molar-refractivity contribution is 0.178. The van der Waals surface area contributed by atoms with Gasteiger partial charge in [-0.1, -0.05) is 26.0 Å². The fourth-order valence-electron chi connectivity index (χ4n) is 1.54. The molecule has 1 aliphatic carbocycles. The zero-order valence-corrected chi connectivity index (χ0v) is 8.10. The molecule has 0 amide bonds. The van der Waals surface area contributed by atoms with E-state index in [4.69, 9.17) is 4.74 Å². The first-order valence-electron chi connectivity index (χ1n) is 4.98. The first-order chi connectivity index (χ1) is 5.97. The molecule has 2 aliphatic rings. The van der Waals surface area contributed by atoms with Crippen LogP contribution in [0.4, 0.5) is 0 Å². The molecular weight excluding hydrogens is 148 g/mol. The largest absolute Gasteiger partial charge is 0.498 e. The Hall–Kier alpha value is -0.720. The monoisotopic (exact) mass is 166 g/mol. The highest BCUT2D eigenvalue weighted by Gasteiger charge is 2.13. The summed E-state index contributed by atoms with van der Waals surface area (Å²) >= 11 is 0. The molecule has 0 unspecified atom stereocenters. The summed E-state index contributed by atoms with van der Waals surface area (Å²) in [5.74, 6) is 1.26. The molecular formula is C11H18O. The fraction of sp³-hybridized carbons (Fsp3) is 0.636. The van der Waals surface area contributed by atoms with Gasteiger partial charge >= 0.3 is 0 Å². The van der Waals surface area contributed by atoms with Gasteiger partial charge in [-0.2, -0.15) is 0 Å². The van der Waals surface area contributed by atoms with Gasteiger partial charge in [0.15, 0.2) is 0 Å². The lowest BCUT2D eigenvalue weighted by Gasteiger charge is -2.21. The Kier molecular flexibility index (Phi) is 3.92. The first kappa shape index (κ1) is 9.37. The molecule has 0 saturated heterocycles. The summed E-state index contributed by atoms with van der Waals surface area (Å²) in [5, 5.41) is 0. The summed E-state index contributed by atoms with van der Waals surface area (Å²) in [6, 6.07) is 0. The Labute approximate surface area is 75.1 Å². The van der Waals surface area contributed by atoms with Gasteiger partial charge in [-0.15, -0.1) is 0 Å². The van der Waals surface area contributed by atoms with Crippen LogP contribution in [0.25, 0.3) is 0 Å². The zero-order valence-electron chi connectivity index (χ0n) is 8.10. The SMILES string of the molecule is C1=CC2=C(CC1)OCCC2.CC. The van der Waals surface area contributed by atoms with E-state index in [1.807, 2.05) is 13.8 Å². The molecule has 0 fully saturated rings. The van der Waals surface area contributed by atoms with Crippen LogP contribution in [0.1, 0.15) is 39.5 Å². The Morgan fingerprint density at radius 1 is 1.25 bits per heavy atom. The van der Waals surface area contributed by atoms with E-state index in [1.165, 1.54) is 30.6 Å². The Balaban J connectivity index is 0.000000336. The predicted molar refractivity (Wildman–Crippen MR) is 51.9 cm³/mol. The Morgan fingerprint density at radius 3 is 2.83 bits per heavy atom. The third-order valence-electron chi connectivity index (χ3n) is 2.08. The molecule has 1 heterocycles. The molecule has 1 nitrogen and oxygen atoms in total. The highest BCUT2D eigenvalue weighted by Crippen LogP contribution is 2.27. The van der Waals surface area contributed by atoms with Crippen molar-refractivity contribution in [3.8, 4) is 0 Å². The van der Waals surface area contributed by atoms with Crippen LogP contribution in [0.2, 0.25) is 0 Å². The summed E-state index contributed by atoms with van der Waals surface area (Å²) in [7, 11) is 0. The lowest BCUT2D eigenvalue weighted by atomic mass is 9.99. The standard InChI is InChI=1S/C9H12O.C2H6/c1-2-6-9-8(4-1)5-3-7-10-9;1-2/h1,4H,2-3,5-7H2;1-2H3. The third-order valence-corrected chi connectivity index (χ3v) is 2.08. The Morgan fingerprint density at radius 2 is 2.08 bits per heavy atom. The molecule has 1 heteroatoms. The van der Waals surface area contributed by atoms with E-state index in [-0.39, 0.29) is 0 Å². The molecule has 0 saturated carbocycles. The van der Waals surface area contributed by atoms with Gasteiger partial charge in [0, 0.05) is 6.42 Å². The van der Waals surface area contributed by atoms with Gasteiger partial charge in [-0.3, -0.25) is 0 Å². The topological polar surface area (TPSA) is 9.23 Å². The predicted octanol–water partition coefficient (Wildman–Crippen LogP) is 3.43. The Bertz CT molecular complexity index is 189. The van der Waals surface area contributed by atoms with Gasteiger partial charge in [0.25, 0.3) is 0 Å². The smallest absolute Gasteiger partial charge is 0.0994 e. The van der Waals surface area contributed by atoms with Gasteiger partial charge in [-0.25, -0.2) is 0 Å². The second kappa shape index (κ2) is 5.02. The second-order valence-electron chi connectivity index (χ2n) is 2.84. The summed E-state index contributed by atoms with van der Waals surface area (Å²) < 4.78 is 5.51. The number of rotatable bonds is 0. The van der Waals surface area contributed by atoms with E-state index in [1.54, 1.807) is 0 Å². The molecule has 0 atom stereocenters. The van der Waals surface area contributed by atoms with Crippen LogP contribution in [-0.2, 0) is 4.74 Å². The zero-order chi connectivity index (χ0) is 8.81. The van der Waals surface area contributed by atoms with Gasteiger partial charge in [0.2, 0.25) is 0 Å². The third kappa shape index (κ3) is 2.13. The van der Waals surface area contributed by atoms with Crippen LogP contribution in [0.15, 0.2) is 23.5 Å². The molecule has 0 aromatic carbocycles. The van der Waals surface area contributed by atoms with Gasteiger partial charge < -0.3 is 4.74 Å². The minimum atomic E-state index is 0.937. The van der Waals surface area contributed by atoms with E-state index < -0.39 is 0 Å². The van der Waals surface area contributed by atoms with Crippen molar-refractivity contribution in [2.45, 2.75) is 39.5 Å². The average Bonchev–Trinajstić information content (AvgIpc) is 2.21. The fourth-order valence-corrected chi connectivity index (χ4v) is 1.54. The summed E-state index contributed by atoms with van der Waals surface area (Å²) in [6.07, 6.45) is 9.19. The van der Waals surface area contributed by atoms with Crippen molar-refractivity contribution in [2.75, 3.05) is 6.61 Å². The van der Waals surface area contributed by atoms with Crippen LogP contribution < -0.4 is 0 Å².